The Labute approximate surface area is 117 Å². The van der Waals surface area contributed by atoms with Crippen LogP contribution in [-0.4, -0.2) is 35.3 Å². The Morgan fingerprint density at radius 1 is 1.25 bits per heavy atom. The first-order chi connectivity index (χ1) is 9.37. The molecule has 2 rings (SSSR count). The third-order valence-electron chi connectivity index (χ3n) is 3.69. The second kappa shape index (κ2) is 5.53. The summed E-state index contributed by atoms with van der Waals surface area (Å²) in [5.41, 5.74) is -1.47. The first-order valence-electron chi connectivity index (χ1n) is 6.73. The smallest absolute Gasteiger partial charge is 0.310 e. The Balaban J connectivity index is 2.55. The van der Waals surface area contributed by atoms with Gasteiger partial charge in [0.05, 0.1) is 0 Å². The molecule has 112 valence electrons. The van der Waals surface area contributed by atoms with Gasteiger partial charge >= 0.3 is 5.69 Å². The van der Waals surface area contributed by atoms with E-state index in [2.05, 4.69) is 4.98 Å². The van der Waals surface area contributed by atoms with Crippen molar-refractivity contribution in [2.24, 2.45) is 0 Å². The molecule has 1 aromatic rings. The highest BCUT2D eigenvalue weighted by Gasteiger charge is 2.35. The summed E-state index contributed by atoms with van der Waals surface area (Å²) in [5, 5.41) is 0. The van der Waals surface area contributed by atoms with E-state index in [9.17, 15) is 18.0 Å². The van der Waals surface area contributed by atoms with Crippen LogP contribution in [0.25, 0.3) is 0 Å². The Morgan fingerprint density at radius 3 is 2.55 bits per heavy atom. The van der Waals surface area contributed by atoms with Gasteiger partial charge in [-0.3, -0.25) is 9.78 Å². The van der Waals surface area contributed by atoms with Gasteiger partial charge < -0.3 is 4.98 Å². The molecule has 2 N–H and O–H groups in total. The predicted octanol–water partition coefficient (Wildman–Crippen LogP) is 0.325. The highest BCUT2D eigenvalue weighted by atomic mass is 32.2. The van der Waals surface area contributed by atoms with E-state index >= 15 is 0 Å². The lowest BCUT2D eigenvalue weighted by Gasteiger charge is -2.34. The van der Waals surface area contributed by atoms with E-state index in [4.69, 9.17) is 0 Å². The molecule has 0 aliphatic carbocycles. The van der Waals surface area contributed by atoms with Crippen LogP contribution < -0.4 is 11.2 Å². The molecule has 0 spiro atoms. The zero-order valence-electron chi connectivity index (χ0n) is 11.6. The minimum Gasteiger partial charge on any atom is -0.310 e. The van der Waals surface area contributed by atoms with Gasteiger partial charge in [0, 0.05) is 18.3 Å². The highest BCUT2D eigenvalue weighted by molar-refractivity contribution is 7.89. The molecule has 0 saturated carbocycles. The molecule has 1 atom stereocenters. The van der Waals surface area contributed by atoms with E-state index in [1.807, 2.05) is 11.9 Å². The van der Waals surface area contributed by atoms with E-state index in [0.29, 0.717) is 13.0 Å². The number of rotatable bonds is 3. The lowest BCUT2D eigenvalue weighted by molar-refractivity contribution is 0.246. The SMILES string of the molecule is CC[C@@H]1CCCCN1S(=O)(=O)c1c(C)[nH]c(=O)[nH]c1=O. The van der Waals surface area contributed by atoms with Gasteiger partial charge in [-0.25, -0.2) is 13.2 Å². The molecule has 1 fully saturated rings. The van der Waals surface area contributed by atoms with Gasteiger partial charge in [0.2, 0.25) is 0 Å². The molecular formula is C12H19N3O4S. The first-order valence-corrected chi connectivity index (χ1v) is 8.17. The molecule has 1 saturated heterocycles. The monoisotopic (exact) mass is 301 g/mol. The first kappa shape index (κ1) is 15.0. The molecule has 0 amide bonds. The van der Waals surface area contributed by atoms with Gasteiger partial charge in [-0.1, -0.05) is 13.3 Å². The molecule has 20 heavy (non-hydrogen) atoms. The van der Waals surface area contributed by atoms with Crippen molar-refractivity contribution < 1.29 is 8.42 Å². The Bertz CT molecular complexity index is 704. The van der Waals surface area contributed by atoms with E-state index in [-0.39, 0.29) is 16.6 Å². The van der Waals surface area contributed by atoms with Gasteiger partial charge in [0.15, 0.2) is 4.90 Å². The lowest BCUT2D eigenvalue weighted by Crippen LogP contribution is -2.45. The molecule has 1 aliphatic heterocycles. The van der Waals surface area contributed by atoms with Crippen molar-refractivity contribution in [1.29, 1.82) is 0 Å². The van der Waals surface area contributed by atoms with Crippen molar-refractivity contribution in [3.63, 3.8) is 0 Å². The van der Waals surface area contributed by atoms with Crippen LogP contribution in [0.2, 0.25) is 0 Å². The van der Waals surface area contributed by atoms with Crippen LogP contribution in [0.4, 0.5) is 0 Å². The van der Waals surface area contributed by atoms with Crippen molar-refractivity contribution in [2.75, 3.05) is 6.54 Å². The molecule has 1 aliphatic rings. The van der Waals surface area contributed by atoms with Crippen LogP contribution in [0.15, 0.2) is 14.5 Å². The standard InChI is InChI=1S/C12H19N3O4S/c1-3-9-6-4-5-7-15(9)20(18,19)10-8(2)13-12(17)14-11(10)16/h9H,3-7H2,1-2H3,(H2,13,14,16,17)/t9-/m1/s1. The van der Waals surface area contributed by atoms with Crippen LogP contribution in [0.1, 0.15) is 38.3 Å². The van der Waals surface area contributed by atoms with Gasteiger partial charge in [-0.15, -0.1) is 0 Å². The lowest BCUT2D eigenvalue weighted by atomic mass is 10.0. The molecule has 8 heteroatoms. The molecule has 0 bridgehead atoms. The predicted molar refractivity (Wildman–Crippen MR) is 74.2 cm³/mol. The average Bonchev–Trinajstić information content (AvgIpc) is 2.37. The molecule has 2 heterocycles. The fourth-order valence-corrected chi connectivity index (χ4v) is 4.69. The minimum absolute atomic E-state index is 0.0826. The molecule has 0 radical (unpaired) electrons. The molecule has 1 aromatic heterocycles. The highest BCUT2D eigenvalue weighted by Crippen LogP contribution is 2.26. The largest absolute Gasteiger partial charge is 0.325 e. The Kier molecular flexibility index (Phi) is 4.14. The van der Waals surface area contributed by atoms with Crippen LogP contribution >= 0.6 is 0 Å². The quantitative estimate of drug-likeness (QED) is 0.839. The third-order valence-corrected chi connectivity index (χ3v) is 5.79. The Hall–Kier alpha value is -1.41. The maximum absolute atomic E-state index is 12.7. The number of nitrogens with zero attached hydrogens (tertiary/aromatic N) is 1. The number of aryl methyl sites for hydroxylation is 1. The molecular weight excluding hydrogens is 282 g/mol. The van der Waals surface area contributed by atoms with E-state index < -0.39 is 21.3 Å². The fourth-order valence-electron chi connectivity index (χ4n) is 2.71. The summed E-state index contributed by atoms with van der Waals surface area (Å²) in [6, 6.07) is -0.0838. The summed E-state index contributed by atoms with van der Waals surface area (Å²) >= 11 is 0. The number of piperidine rings is 1. The summed E-state index contributed by atoms with van der Waals surface area (Å²) in [6.07, 6.45) is 3.29. The number of hydrogen-bond acceptors (Lipinski definition) is 4. The molecule has 7 nitrogen and oxygen atoms in total. The number of sulfonamides is 1. The third kappa shape index (κ3) is 2.57. The van der Waals surface area contributed by atoms with Crippen LogP contribution in [0, 0.1) is 6.92 Å². The summed E-state index contributed by atoms with van der Waals surface area (Å²) in [4.78, 5) is 27.0. The van der Waals surface area contributed by atoms with Crippen molar-refractivity contribution in [3.05, 3.63) is 26.5 Å². The summed E-state index contributed by atoms with van der Waals surface area (Å²) in [7, 11) is -3.88. The number of H-pyrrole nitrogens is 2. The number of hydrogen-bond donors (Lipinski definition) is 2. The maximum Gasteiger partial charge on any atom is 0.325 e. The van der Waals surface area contributed by atoms with E-state index in [1.54, 1.807) is 0 Å². The van der Waals surface area contributed by atoms with Crippen molar-refractivity contribution in [2.45, 2.75) is 50.5 Å². The van der Waals surface area contributed by atoms with Gasteiger partial charge in [-0.2, -0.15) is 4.31 Å². The van der Waals surface area contributed by atoms with Crippen LogP contribution in [0.3, 0.4) is 0 Å². The zero-order valence-corrected chi connectivity index (χ0v) is 12.4. The van der Waals surface area contributed by atoms with Gasteiger partial charge in [0.25, 0.3) is 15.6 Å². The second-order valence-electron chi connectivity index (χ2n) is 5.04. The fraction of sp³-hybridized carbons (Fsp3) is 0.667. The normalized spacial score (nSPS) is 21.0. The maximum atomic E-state index is 12.7. The number of aromatic amines is 2. The van der Waals surface area contributed by atoms with Gasteiger partial charge in [-0.05, 0) is 26.2 Å². The zero-order chi connectivity index (χ0) is 14.9. The Morgan fingerprint density at radius 2 is 1.95 bits per heavy atom. The average molecular weight is 301 g/mol. The van der Waals surface area contributed by atoms with Crippen LogP contribution in [0.5, 0.6) is 0 Å². The van der Waals surface area contributed by atoms with Crippen molar-refractivity contribution >= 4 is 10.0 Å². The van der Waals surface area contributed by atoms with E-state index in [1.165, 1.54) is 11.2 Å². The van der Waals surface area contributed by atoms with Crippen molar-refractivity contribution in [1.82, 2.24) is 14.3 Å². The number of aromatic nitrogens is 2. The second-order valence-corrected chi connectivity index (χ2v) is 6.86. The van der Waals surface area contributed by atoms with Gasteiger partial charge in [0.1, 0.15) is 0 Å². The summed E-state index contributed by atoms with van der Waals surface area (Å²) < 4.78 is 26.8. The number of nitrogens with one attached hydrogen (secondary N) is 2. The topological polar surface area (TPSA) is 103 Å². The molecule has 0 unspecified atom stereocenters. The summed E-state index contributed by atoms with van der Waals surface area (Å²) in [6.45, 7) is 3.77. The van der Waals surface area contributed by atoms with Crippen LogP contribution in [-0.2, 0) is 10.0 Å². The summed E-state index contributed by atoms with van der Waals surface area (Å²) in [5.74, 6) is 0. The minimum atomic E-state index is -3.88. The molecule has 0 aromatic carbocycles. The van der Waals surface area contributed by atoms with Crippen molar-refractivity contribution in [3.8, 4) is 0 Å². The van der Waals surface area contributed by atoms with E-state index in [0.717, 1.165) is 19.3 Å².